The Morgan fingerprint density at radius 3 is 2.64 bits per heavy atom. The number of aromatic nitrogens is 4. The molecule has 0 spiro atoms. The van der Waals surface area contributed by atoms with Crippen molar-refractivity contribution in [3.63, 3.8) is 0 Å². The van der Waals surface area contributed by atoms with Gasteiger partial charge >= 0.3 is 0 Å². The van der Waals surface area contributed by atoms with Gasteiger partial charge in [0.25, 0.3) is 5.56 Å². The van der Waals surface area contributed by atoms with Crippen LogP contribution in [0.3, 0.4) is 0 Å². The van der Waals surface area contributed by atoms with E-state index in [4.69, 9.17) is 9.47 Å². The number of hydrogen-bond donors (Lipinski definition) is 1. The first-order chi connectivity index (χ1) is 13.5. The first-order valence-electron chi connectivity index (χ1n) is 8.86. The number of ether oxygens (including phenoxy) is 2. The number of hydrogen-bond acceptors (Lipinski definition) is 6. The van der Waals surface area contributed by atoms with Crippen LogP contribution in [0.5, 0.6) is 11.5 Å². The number of fused-ring (bicyclic) bond motifs is 3. The number of H-pyrrole nitrogens is 1. The van der Waals surface area contributed by atoms with Crippen LogP contribution in [-0.2, 0) is 0 Å². The van der Waals surface area contributed by atoms with Crippen LogP contribution in [0.2, 0.25) is 0 Å². The number of benzene rings is 2. The van der Waals surface area contributed by atoms with Crippen LogP contribution in [0.15, 0.2) is 51.1 Å². The highest BCUT2D eigenvalue weighted by molar-refractivity contribution is 7.99. The summed E-state index contributed by atoms with van der Waals surface area (Å²) in [5.41, 5.74) is 1.93. The Morgan fingerprint density at radius 2 is 1.93 bits per heavy atom. The highest BCUT2D eigenvalue weighted by Gasteiger charge is 2.15. The molecule has 0 aliphatic rings. The largest absolute Gasteiger partial charge is 0.497 e. The zero-order chi connectivity index (χ0) is 19.8. The average molecular weight is 396 g/mol. The van der Waals surface area contributed by atoms with Crippen molar-refractivity contribution < 1.29 is 9.47 Å². The molecule has 0 saturated heterocycles. The summed E-state index contributed by atoms with van der Waals surface area (Å²) in [4.78, 5) is 17.7. The van der Waals surface area contributed by atoms with Crippen molar-refractivity contribution in [2.75, 3.05) is 7.11 Å². The molecule has 1 N–H and O–H groups in total. The summed E-state index contributed by atoms with van der Waals surface area (Å²) in [6.07, 6.45) is 0.120. The third kappa shape index (κ3) is 3.31. The highest BCUT2D eigenvalue weighted by atomic mass is 32.2. The Morgan fingerprint density at radius 1 is 1.14 bits per heavy atom. The van der Waals surface area contributed by atoms with E-state index in [1.807, 2.05) is 39.0 Å². The third-order valence-corrected chi connectivity index (χ3v) is 5.41. The molecule has 2 heterocycles. The van der Waals surface area contributed by atoms with Crippen molar-refractivity contribution >= 4 is 28.3 Å². The molecule has 0 amide bonds. The van der Waals surface area contributed by atoms with E-state index in [1.165, 1.54) is 11.8 Å². The molecule has 0 aliphatic heterocycles. The second-order valence-corrected chi connectivity index (χ2v) is 7.70. The van der Waals surface area contributed by atoms with Crippen molar-refractivity contribution in [1.29, 1.82) is 0 Å². The summed E-state index contributed by atoms with van der Waals surface area (Å²) in [5.74, 6) is 1.49. The second-order valence-electron chi connectivity index (χ2n) is 6.67. The van der Waals surface area contributed by atoms with Crippen LogP contribution in [0.4, 0.5) is 0 Å². The third-order valence-electron chi connectivity index (χ3n) is 4.26. The average Bonchev–Trinajstić information content (AvgIpc) is 3.06. The van der Waals surface area contributed by atoms with E-state index in [9.17, 15) is 4.79 Å². The predicted molar refractivity (Wildman–Crippen MR) is 109 cm³/mol. The monoisotopic (exact) mass is 396 g/mol. The lowest BCUT2D eigenvalue weighted by atomic mass is 10.2. The first-order valence-corrected chi connectivity index (χ1v) is 9.68. The quantitative estimate of drug-likeness (QED) is 0.552. The van der Waals surface area contributed by atoms with E-state index in [2.05, 4.69) is 15.3 Å². The highest BCUT2D eigenvalue weighted by Crippen LogP contribution is 2.33. The molecule has 4 aromatic rings. The van der Waals surface area contributed by atoms with E-state index in [0.29, 0.717) is 27.3 Å². The number of methoxy groups -OCH3 is 1. The van der Waals surface area contributed by atoms with E-state index in [0.717, 1.165) is 16.2 Å². The summed E-state index contributed by atoms with van der Waals surface area (Å²) in [7, 11) is 1.59. The topological polar surface area (TPSA) is 81.5 Å². The molecule has 0 saturated carbocycles. The number of rotatable bonds is 5. The molecule has 8 heteroatoms. The second kappa shape index (κ2) is 7.20. The number of aryl methyl sites for hydroxylation is 1. The molecule has 2 aromatic carbocycles. The summed E-state index contributed by atoms with van der Waals surface area (Å²) in [6, 6.07) is 11.2. The Labute approximate surface area is 165 Å². The molecule has 0 atom stereocenters. The summed E-state index contributed by atoms with van der Waals surface area (Å²) in [5, 5.41) is 8.46. The molecular formula is C20H20N4O3S. The van der Waals surface area contributed by atoms with Gasteiger partial charge in [-0.1, -0.05) is 11.8 Å². The van der Waals surface area contributed by atoms with Gasteiger partial charge in [-0.15, -0.1) is 5.10 Å². The molecule has 7 nitrogen and oxygen atoms in total. The predicted octanol–water partition coefficient (Wildman–Crippen LogP) is 3.83. The van der Waals surface area contributed by atoms with Crippen molar-refractivity contribution in [3.05, 3.63) is 52.3 Å². The van der Waals surface area contributed by atoms with Crippen LogP contribution in [0.25, 0.3) is 16.6 Å². The van der Waals surface area contributed by atoms with E-state index in [-0.39, 0.29) is 11.7 Å². The van der Waals surface area contributed by atoms with Gasteiger partial charge in [0.2, 0.25) is 0 Å². The van der Waals surface area contributed by atoms with Crippen molar-refractivity contribution in [1.82, 2.24) is 19.8 Å². The SMILES string of the molecule is COc1ccc2c(=O)nc3c(Sc4ccc(OC(C)C)cc4C)n[nH]n3c2c1. The zero-order valence-corrected chi connectivity index (χ0v) is 16.8. The smallest absolute Gasteiger partial charge is 0.281 e. The lowest BCUT2D eigenvalue weighted by molar-refractivity contribution is 0.242. The fourth-order valence-electron chi connectivity index (χ4n) is 2.97. The Balaban J connectivity index is 1.77. The van der Waals surface area contributed by atoms with E-state index >= 15 is 0 Å². The lowest BCUT2D eigenvalue weighted by Crippen LogP contribution is -2.10. The fraction of sp³-hybridized carbons (Fsp3) is 0.250. The molecule has 0 fully saturated rings. The van der Waals surface area contributed by atoms with Gasteiger partial charge in [-0.3, -0.25) is 4.79 Å². The number of nitrogens with zero attached hydrogens (tertiary/aromatic N) is 3. The van der Waals surface area contributed by atoms with Crippen molar-refractivity contribution in [2.24, 2.45) is 0 Å². The molecule has 144 valence electrons. The fourth-order valence-corrected chi connectivity index (χ4v) is 3.85. The Bertz CT molecular complexity index is 1230. The number of aromatic amines is 1. The van der Waals surface area contributed by atoms with Gasteiger partial charge in [-0.2, -0.15) is 4.98 Å². The van der Waals surface area contributed by atoms with Crippen molar-refractivity contribution in [3.8, 4) is 11.5 Å². The molecule has 0 aliphatic carbocycles. The molecule has 0 radical (unpaired) electrons. The minimum atomic E-state index is -0.293. The Kier molecular flexibility index (Phi) is 4.72. The standard InChI is InChI=1S/C20H20N4O3S/c1-11(2)27-14-6-8-17(12(3)9-14)28-20-18-21-19(25)15-7-5-13(26-4)10-16(15)24(18)23-22-20/h5-11,23H,1-4H3. The lowest BCUT2D eigenvalue weighted by Gasteiger charge is -2.11. The molecule has 28 heavy (non-hydrogen) atoms. The number of nitrogens with one attached hydrogen (secondary N) is 1. The van der Waals surface area contributed by atoms with Gasteiger partial charge in [-0.25, -0.2) is 9.73 Å². The van der Waals surface area contributed by atoms with E-state index < -0.39 is 0 Å². The molecular weight excluding hydrogens is 376 g/mol. The molecule has 0 unspecified atom stereocenters. The van der Waals surface area contributed by atoms with Crippen molar-refractivity contribution in [2.45, 2.75) is 36.8 Å². The molecule has 2 aromatic heterocycles. The normalized spacial score (nSPS) is 11.5. The van der Waals surface area contributed by atoms with Gasteiger partial charge in [0.1, 0.15) is 11.5 Å². The van der Waals surface area contributed by atoms with Crippen LogP contribution in [-0.4, -0.2) is 33.0 Å². The van der Waals surface area contributed by atoms with Crippen LogP contribution < -0.4 is 15.0 Å². The summed E-state index contributed by atoms with van der Waals surface area (Å²) in [6.45, 7) is 6.01. The molecule has 4 rings (SSSR count). The van der Waals surface area contributed by atoms with Crippen LogP contribution in [0, 0.1) is 6.92 Å². The summed E-state index contributed by atoms with van der Waals surface area (Å²) >= 11 is 1.45. The van der Waals surface area contributed by atoms with Crippen LogP contribution in [0.1, 0.15) is 19.4 Å². The molecule has 0 bridgehead atoms. The van der Waals surface area contributed by atoms with Gasteiger partial charge in [0.05, 0.1) is 24.1 Å². The first kappa shape index (κ1) is 18.4. The van der Waals surface area contributed by atoms with Gasteiger partial charge in [-0.05, 0) is 56.7 Å². The minimum Gasteiger partial charge on any atom is -0.497 e. The maximum atomic E-state index is 12.5. The van der Waals surface area contributed by atoms with E-state index in [1.54, 1.807) is 29.8 Å². The van der Waals surface area contributed by atoms with Gasteiger partial charge in [0, 0.05) is 11.0 Å². The van der Waals surface area contributed by atoms with Crippen LogP contribution >= 0.6 is 11.8 Å². The Hall–Kier alpha value is -3.00. The zero-order valence-electron chi connectivity index (χ0n) is 16.0. The maximum Gasteiger partial charge on any atom is 0.281 e. The maximum absolute atomic E-state index is 12.5. The summed E-state index contributed by atoms with van der Waals surface area (Å²) < 4.78 is 12.7. The van der Waals surface area contributed by atoms with Gasteiger partial charge in [0.15, 0.2) is 10.7 Å². The minimum absolute atomic E-state index is 0.120. The van der Waals surface area contributed by atoms with Gasteiger partial charge < -0.3 is 9.47 Å².